The second kappa shape index (κ2) is 7.14. The minimum Gasteiger partial charge on any atom is -0.481 e. The first kappa shape index (κ1) is 16.8. The fourth-order valence-corrected chi connectivity index (χ4v) is 2.95. The van der Waals surface area contributed by atoms with Crippen molar-refractivity contribution in [2.75, 3.05) is 19.7 Å². The topological polar surface area (TPSA) is 49.8 Å². The Bertz CT molecular complexity index is 484. The number of hydrogen-bond donors (Lipinski definition) is 1. The number of aryl methyl sites for hydroxylation is 1. The molecule has 1 aromatic carbocycles. The molecule has 0 radical (unpaired) electrons. The Balaban J connectivity index is 1.90. The molecule has 1 saturated heterocycles. The SMILES string of the molecule is CCC1(CO)CCN(C(=O)C(C)Oc2ccc(C)cc2)CC1. The van der Waals surface area contributed by atoms with E-state index in [0.29, 0.717) is 13.1 Å². The highest BCUT2D eigenvalue weighted by Crippen LogP contribution is 2.34. The van der Waals surface area contributed by atoms with Crippen LogP contribution in [0.1, 0.15) is 38.7 Å². The average molecular weight is 305 g/mol. The van der Waals surface area contributed by atoms with Crippen LogP contribution in [-0.2, 0) is 4.79 Å². The van der Waals surface area contributed by atoms with Crippen molar-refractivity contribution in [1.29, 1.82) is 0 Å². The maximum Gasteiger partial charge on any atom is 0.263 e. The second-order valence-corrected chi connectivity index (χ2v) is 6.41. The number of aliphatic hydroxyl groups is 1. The van der Waals surface area contributed by atoms with Gasteiger partial charge < -0.3 is 14.7 Å². The number of rotatable bonds is 5. The van der Waals surface area contributed by atoms with Crippen LogP contribution in [0.15, 0.2) is 24.3 Å². The molecule has 2 rings (SSSR count). The van der Waals surface area contributed by atoms with Gasteiger partial charge in [0.1, 0.15) is 5.75 Å². The van der Waals surface area contributed by atoms with E-state index in [1.807, 2.05) is 36.1 Å². The van der Waals surface area contributed by atoms with Gasteiger partial charge in [0.05, 0.1) is 0 Å². The summed E-state index contributed by atoms with van der Waals surface area (Å²) in [5.41, 5.74) is 1.17. The fourth-order valence-electron chi connectivity index (χ4n) is 2.95. The molecule has 4 heteroatoms. The molecule has 0 saturated carbocycles. The highest BCUT2D eigenvalue weighted by molar-refractivity contribution is 5.81. The van der Waals surface area contributed by atoms with Crippen LogP contribution in [0.2, 0.25) is 0 Å². The summed E-state index contributed by atoms with van der Waals surface area (Å²) < 4.78 is 5.75. The number of benzene rings is 1. The first-order valence-electron chi connectivity index (χ1n) is 8.12. The van der Waals surface area contributed by atoms with Crippen LogP contribution >= 0.6 is 0 Å². The van der Waals surface area contributed by atoms with E-state index < -0.39 is 6.10 Å². The number of piperidine rings is 1. The van der Waals surface area contributed by atoms with Crippen molar-refractivity contribution in [3.8, 4) is 5.75 Å². The van der Waals surface area contributed by atoms with Gasteiger partial charge in [0.15, 0.2) is 6.10 Å². The van der Waals surface area contributed by atoms with Crippen molar-refractivity contribution in [2.45, 2.75) is 46.1 Å². The molecular formula is C18H27NO3. The lowest BCUT2D eigenvalue weighted by atomic mass is 9.77. The van der Waals surface area contributed by atoms with E-state index in [1.54, 1.807) is 6.92 Å². The van der Waals surface area contributed by atoms with Gasteiger partial charge >= 0.3 is 0 Å². The molecule has 4 nitrogen and oxygen atoms in total. The Morgan fingerprint density at radius 3 is 2.41 bits per heavy atom. The van der Waals surface area contributed by atoms with Gasteiger partial charge in [0.2, 0.25) is 0 Å². The summed E-state index contributed by atoms with van der Waals surface area (Å²) in [4.78, 5) is 14.4. The van der Waals surface area contributed by atoms with E-state index >= 15 is 0 Å². The van der Waals surface area contributed by atoms with Crippen LogP contribution in [0, 0.1) is 12.3 Å². The molecule has 1 aliphatic rings. The summed E-state index contributed by atoms with van der Waals surface area (Å²) in [6.07, 6.45) is 2.21. The van der Waals surface area contributed by atoms with Crippen LogP contribution in [0.4, 0.5) is 0 Å². The van der Waals surface area contributed by atoms with Crippen LogP contribution in [0.5, 0.6) is 5.75 Å². The zero-order chi connectivity index (χ0) is 16.2. The summed E-state index contributed by atoms with van der Waals surface area (Å²) in [7, 11) is 0. The molecule has 1 heterocycles. The van der Waals surface area contributed by atoms with E-state index in [4.69, 9.17) is 4.74 Å². The number of carbonyl (C=O) groups excluding carboxylic acids is 1. The summed E-state index contributed by atoms with van der Waals surface area (Å²) in [6, 6.07) is 7.74. The van der Waals surface area contributed by atoms with Gasteiger partial charge in [-0.25, -0.2) is 0 Å². The van der Waals surface area contributed by atoms with E-state index in [0.717, 1.165) is 25.0 Å². The van der Waals surface area contributed by atoms with Gasteiger partial charge in [-0.3, -0.25) is 4.79 Å². The lowest BCUT2D eigenvalue weighted by molar-refractivity contribution is -0.140. The predicted molar refractivity (Wildman–Crippen MR) is 86.9 cm³/mol. The number of hydrogen-bond acceptors (Lipinski definition) is 3. The van der Waals surface area contributed by atoms with Gasteiger partial charge in [-0.2, -0.15) is 0 Å². The molecule has 0 aliphatic carbocycles. The highest BCUT2D eigenvalue weighted by atomic mass is 16.5. The van der Waals surface area contributed by atoms with E-state index in [1.165, 1.54) is 5.56 Å². The summed E-state index contributed by atoms with van der Waals surface area (Å²) in [5, 5.41) is 9.56. The maximum absolute atomic E-state index is 12.5. The Hall–Kier alpha value is -1.55. The number of amides is 1. The minimum atomic E-state index is -0.481. The lowest BCUT2D eigenvalue weighted by Crippen LogP contribution is -2.48. The average Bonchev–Trinajstić information content (AvgIpc) is 2.56. The first-order valence-corrected chi connectivity index (χ1v) is 8.12. The highest BCUT2D eigenvalue weighted by Gasteiger charge is 2.35. The number of likely N-dealkylation sites (tertiary alicyclic amines) is 1. The van der Waals surface area contributed by atoms with Gasteiger partial charge in [0, 0.05) is 19.7 Å². The molecule has 1 atom stereocenters. The molecule has 1 unspecified atom stereocenters. The molecular weight excluding hydrogens is 278 g/mol. The number of carbonyl (C=O) groups is 1. The summed E-state index contributed by atoms with van der Waals surface area (Å²) in [5.74, 6) is 0.755. The number of nitrogens with zero attached hydrogens (tertiary/aromatic N) is 1. The molecule has 122 valence electrons. The maximum atomic E-state index is 12.5. The zero-order valence-electron chi connectivity index (χ0n) is 13.8. The fraction of sp³-hybridized carbons (Fsp3) is 0.611. The zero-order valence-corrected chi connectivity index (χ0v) is 13.8. The van der Waals surface area contributed by atoms with Crippen molar-refractivity contribution in [3.63, 3.8) is 0 Å². The quantitative estimate of drug-likeness (QED) is 0.910. The normalized spacial score (nSPS) is 18.8. The first-order chi connectivity index (χ1) is 10.5. The Labute approximate surface area is 133 Å². The molecule has 1 aromatic rings. The standard InChI is InChI=1S/C18H27NO3/c1-4-18(13-20)9-11-19(12-10-18)17(21)15(3)22-16-7-5-14(2)6-8-16/h5-8,15,20H,4,9-13H2,1-3H3. The molecule has 1 aliphatic heterocycles. The van der Waals surface area contributed by atoms with Crippen molar-refractivity contribution in [1.82, 2.24) is 4.90 Å². The van der Waals surface area contributed by atoms with Crippen molar-refractivity contribution in [2.24, 2.45) is 5.41 Å². The Morgan fingerprint density at radius 1 is 1.32 bits per heavy atom. The van der Waals surface area contributed by atoms with Crippen LogP contribution in [0.25, 0.3) is 0 Å². The summed E-state index contributed by atoms with van der Waals surface area (Å²) >= 11 is 0. The summed E-state index contributed by atoms with van der Waals surface area (Å²) in [6.45, 7) is 7.55. The molecule has 22 heavy (non-hydrogen) atoms. The van der Waals surface area contributed by atoms with Crippen molar-refractivity contribution < 1.29 is 14.6 Å². The van der Waals surface area contributed by atoms with Crippen molar-refractivity contribution >= 4 is 5.91 Å². The van der Waals surface area contributed by atoms with Gasteiger partial charge in [-0.15, -0.1) is 0 Å². The third-order valence-electron chi connectivity index (χ3n) is 4.90. The smallest absolute Gasteiger partial charge is 0.263 e. The lowest BCUT2D eigenvalue weighted by Gasteiger charge is -2.40. The molecule has 1 amide bonds. The molecule has 0 bridgehead atoms. The molecule has 0 spiro atoms. The largest absolute Gasteiger partial charge is 0.481 e. The van der Waals surface area contributed by atoms with Crippen LogP contribution < -0.4 is 4.74 Å². The van der Waals surface area contributed by atoms with Crippen molar-refractivity contribution in [3.05, 3.63) is 29.8 Å². The molecule has 1 fully saturated rings. The minimum absolute atomic E-state index is 0.00215. The van der Waals surface area contributed by atoms with Crippen LogP contribution in [0.3, 0.4) is 0 Å². The number of aliphatic hydroxyl groups excluding tert-OH is 1. The molecule has 0 aromatic heterocycles. The predicted octanol–water partition coefficient (Wildman–Crippen LogP) is 2.77. The van der Waals surface area contributed by atoms with E-state index in [-0.39, 0.29) is 17.9 Å². The van der Waals surface area contributed by atoms with E-state index in [9.17, 15) is 9.90 Å². The van der Waals surface area contributed by atoms with Crippen LogP contribution in [-0.4, -0.2) is 41.7 Å². The second-order valence-electron chi connectivity index (χ2n) is 6.41. The third kappa shape index (κ3) is 3.80. The van der Waals surface area contributed by atoms with Gasteiger partial charge in [0.25, 0.3) is 5.91 Å². The number of ether oxygens (including phenoxy) is 1. The monoisotopic (exact) mass is 305 g/mol. The Kier molecular flexibility index (Phi) is 5.46. The Morgan fingerprint density at radius 2 is 1.91 bits per heavy atom. The third-order valence-corrected chi connectivity index (χ3v) is 4.90. The van der Waals surface area contributed by atoms with Gasteiger partial charge in [-0.1, -0.05) is 24.6 Å². The molecule has 1 N–H and O–H groups in total. The van der Waals surface area contributed by atoms with E-state index in [2.05, 4.69) is 6.92 Å². The van der Waals surface area contributed by atoms with Gasteiger partial charge in [-0.05, 0) is 50.7 Å².